The first-order valence-corrected chi connectivity index (χ1v) is 12.9. The maximum absolute atomic E-state index is 14.1. The number of allylic oxidation sites excluding steroid dienone is 3. The molecule has 4 amide bonds. The van der Waals surface area contributed by atoms with Crippen LogP contribution in [0.25, 0.3) is 6.08 Å². The Hall–Kier alpha value is -4.24. The number of anilines is 1. The quantitative estimate of drug-likeness (QED) is 0.353. The molecule has 9 heteroatoms. The van der Waals surface area contributed by atoms with Gasteiger partial charge in [-0.15, -0.1) is 0 Å². The molecule has 6 atom stereocenters. The van der Waals surface area contributed by atoms with Gasteiger partial charge in [-0.3, -0.25) is 24.4 Å². The molecule has 200 valence electrons. The van der Waals surface area contributed by atoms with Gasteiger partial charge in [-0.25, -0.2) is 4.90 Å². The number of nitrogens with zero attached hydrogens (tertiary/aromatic N) is 2. The van der Waals surface area contributed by atoms with E-state index in [9.17, 15) is 29.5 Å². The molecule has 2 aromatic rings. The fraction of sp³-hybridized carbons (Fsp3) is 0.333. The smallest absolute Gasteiger partial charge is 0.257 e. The predicted molar refractivity (Wildman–Crippen MR) is 139 cm³/mol. The molecule has 2 aromatic carbocycles. The van der Waals surface area contributed by atoms with Crippen LogP contribution in [0.3, 0.4) is 0 Å². The highest BCUT2D eigenvalue weighted by Gasteiger charge is 2.66. The molecular formula is C30H28N2O7. The second-order valence-corrected chi connectivity index (χ2v) is 10.8. The van der Waals surface area contributed by atoms with Crippen molar-refractivity contribution >= 4 is 35.4 Å². The first-order chi connectivity index (χ1) is 18.7. The molecule has 9 nitrogen and oxygen atoms in total. The van der Waals surface area contributed by atoms with Crippen LogP contribution in [0.4, 0.5) is 5.69 Å². The Labute approximate surface area is 224 Å². The Morgan fingerprint density at radius 3 is 2.46 bits per heavy atom. The molecule has 3 fully saturated rings. The Balaban J connectivity index is 1.48. The summed E-state index contributed by atoms with van der Waals surface area (Å²) in [7, 11) is 1.45. The van der Waals surface area contributed by atoms with Crippen LogP contribution in [0, 0.1) is 35.0 Å². The fourth-order valence-corrected chi connectivity index (χ4v) is 7.03. The summed E-state index contributed by atoms with van der Waals surface area (Å²) in [6.07, 6.45) is 6.08. The zero-order valence-electron chi connectivity index (χ0n) is 21.5. The number of rotatable bonds is 4. The number of benzene rings is 2. The summed E-state index contributed by atoms with van der Waals surface area (Å²) in [5.74, 6) is -4.90. The van der Waals surface area contributed by atoms with Crippen molar-refractivity contribution in [2.75, 3.05) is 12.0 Å². The van der Waals surface area contributed by atoms with Crippen LogP contribution in [-0.4, -0.2) is 46.1 Å². The maximum Gasteiger partial charge on any atom is 0.257 e. The number of aromatic hydroxyl groups is 1. The molecule has 4 aliphatic rings. The lowest BCUT2D eigenvalue weighted by Gasteiger charge is -2.47. The van der Waals surface area contributed by atoms with E-state index in [4.69, 9.17) is 4.74 Å². The first kappa shape index (κ1) is 25.1. The third-order valence-corrected chi connectivity index (χ3v) is 9.02. The summed E-state index contributed by atoms with van der Waals surface area (Å²) in [4.78, 5) is 54.9. The van der Waals surface area contributed by atoms with Crippen molar-refractivity contribution in [3.05, 3.63) is 71.8 Å². The third kappa shape index (κ3) is 3.49. The van der Waals surface area contributed by atoms with Gasteiger partial charge in [0.1, 0.15) is 0 Å². The lowest BCUT2D eigenvalue weighted by molar-refractivity contribution is -0.173. The Kier molecular flexibility index (Phi) is 5.73. The summed E-state index contributed by atoms with van der Waals surface area (Å²) in [6.45, 7) is 1.80. The molecule has 0 aromatic heterocycles. The molecule has 6 rings (SSSR count). The number of phenols is 1. The SMILES string of the molecule is COc1cc(C=CC2C3=CCC4C(=O)N(O)C(=O)C4C3CC3C(=O)N(c4ccccc4)C(=O)C23C)ccc1O. The number of phenolic OH excluding ortho intramolecular Hbond substituents is 1. The third-order valence-electron chi connectivity index (χ3n) is 9.02. The molecule has 1 saturated carbocycles. The number of hydroxylamine groups is 2. The van der Waals surface area contributed by atoms with Gasteiger partial charge in [0.25, 0.3) is 11.8 Å². The van der Waals surface area contributed by atoms with Gasteiger partial charge in [-0.05, 0) is 55.5 Å². The van der Waals surface area contributed by atoms with Crippen LogP contribution in [0.15, 0.2) is 66.3 Å². The minimum absolute atomic E-state index is 0.00604. The van der Waals surface area contributed by atoms with Crippen molar-refractivity contribution in [1.82, 2.24) is 5.06 Å². The number of carbonyl (C=O) groups excluding carboxylic acids is 4. The standard InChI is InChI=1S/C30H28N2O7/c1-30-21(12-8-16-9-13-23(33)24(14-16)39-2)18-10-11-19-25(28(36)32(38)26(19)34)20(18)15-22(30)27(35)31(29(30)37)17-6-4-3-5-7-17/h3-10,12-14,19-22,25,33,38H,11,15H2,1-2H3. The molecule has 6 unspecified atom stereocenters. The van der Waals surface area contributed by atoms with E-state index in [0.717, 1.165) is 5.57 Å². The number of imide groups is 2. The van der Waals surface area contributed by atoms with Gasteiger partial charge in [0, 0.05) is 5.92 Å². The van der Waals surface area contributed by atoms with Gasteiger partial charge in [0.2, 0.25) is 11.8 Å². The zero-order valence-corrected chi connectivity index (χ0v) is 21.5. The van der Waals surface area contributed by atoms with Crippen molar-refractivity contribution in [3.8, 4) is 11.5 Å². The second kappa shape index (κ2) is 8.91. The number of amides is 4. The molecule has 2 heterocycles. The van der Waals surface area contributed by atoms with E-state index in [1.807, 2.05) is 24.3 Å². The molecular weight excluding hydrogens is 500 g/mol. The van der Waals surface area contributed by atoms with Gasteiger partial charge in [0.15, 0.2) is 11.5 Å². The highest BCUT2D eigenvalue weighted by atomic mass is 16.5. The number of para-hydroxylation sites is 1. The van der Waals surface area contributed by atoms with Crippen molar-refractivity contribution in [2.45, 2.75) is 19.8 Å². The largest absolute Gasteiger partial charge is 0.504 e. The van der Waals surface area contributed by atoms with Crippen molar-refractivity contribution in [3.63, 3.8) is 0 Å². The Morgan fingerprint density at radius 2 is 1.74 bits per heavy atom. The zero-order chi connectivity index (χ0) is 27.6. The molecule has 39 heavy (non-hydrogen) atoms. The minimum atomic E-state index is -1.13. The monoisotopic (exact) mass is 528 g/mol. The van der Waals surface area contributed by atoms with E-state index in [1.165, 1.54) is 18.1 Å². The normalized spacial score (nSPS) is 31.9. The lowest BCUT2D eigenvalue weighted by atomic mass is 9.52. The topological polar surface area (TPSA) is 124 Å². The number of hydrogen-bond donors (Lipinski definition) is 2. The van der Waals surface area contributed by atoms with E-state index >= 15 is 0 Å². The number of methoxy groups -OCH3 is 1. The van der Waals surface area contributed by atoms with Gasteiger partial charge in [-0.1, -0.05) is 48.1 Å². The van der Waals surface area contributed by atoms with Crippen molar-refractivity contribution in [1.29, 1.82) is 0 Å². The van der Waals surface area contributed by atoms with Crippen LogP contribution in [0.2, 0.25) is 0 Å². The van der Waals surface area contributed by atoms with E-state index < -0.39 is 46.8 Å². The maximum atomic E-state index is 14.1. The minimum Gasteiger partial charge on any atom is -0.504 e. The number of carbonyl (C=O) groups is 4. The van der Waals surface area contributed by atoms with Gasteiger partial charge < -0.3 is 9.84 Å². The molecule has 2 aliphatic heterocycles. The Morgan fingerprint density at radius 1 is 1.00 bits per heavy atom. The van der Waals surface area contributed by atoms with Gasteiger partial charge in [-0.2, -0.15) is 5.06 Å². The van der Waals surface area contributed by atoms with E-state index in [1.54, 1.807) is 43.3 Å². The van der Waals surface area contributed by atoms with Crippen molar-refractivity contribution < 1.29 is 34.2 Å². The summed E-state index contributed by atoms with van der Waals surface area (Å²) in [5.41, 5.74) is 0.887. The van der Waals surface area contributed by atoms with Crippen LogP contribution >= 0.6 is 0 Å². The predicted octanol–water partition coefficient (Wildman–Crippen LogP) is 3.57. The number of ether oxygens (including phenoxy) is 1. The van der Waals surface area contributed by atoms with Crippen LogP contribution < -0.4 is 9.64 Å². The average molecular weight is 529 g/mol. The molecule has 2 aliphatic carbocycles. The fourth-order valence-electron chi connectivity index (χ4n) is 7.03. The molecule has 2 saturated heterocycles. The highest BCUT2D eigenvalue weighted by molar-refractivity contribution is 6.24. The second-order valence-electron chi connectivity index (χ2n) is 10.8. The average Bonchev–Trinajstić information content (AvgIpc) is 3.28. The summed E-state index contributed by atoms with van der Waals surface area (Å²) in [5, 5.41) is 20.3. The van der Waals surface area contributed by atoms with E-state index in [0.29, 0.717) is 17.0 Å². The van der Waals surface area contributed by atoms with Crippen LogP contribution in [-0.2, 0) is 19.2 Å². The van der Waals surface area contributed by atoms with Crippen molar-refractivity contribution in [2.24, 2.45) is 35.0 Å². The van der Waals surface area contributed by atoms with Crippen LogP contribution in [0.1, 0.15) is 25.3 Å². The van der Waals surface area contributed by atoms with Crippen LogP contribution in [0.5, 0.6) is 11.5 Å². The number of fused-ring (bicyclic) bond motifs is 4. The molecule has 0 radical (unpaired) electrons. The van der Waals surface area contributed by atoms with E-state index in [-0.39, 0.29) is 35.5 Å². The number of hydrogen-bond acceptors (Lipinski definition) is 7. The Bertz CT molecular complexity index is 1460. The molecule has 0 spiro atoms. The lowest BCUT2D eigenvalue weighted by Crippen LogP contribution is -2.49. The summed E-state index contributed by atoms with van der Waals surface area (Å²) < 4.78 is 5.23. The van der Waals surface area contributed by atoms with Gasteiger partial charge in [0.05, 0.1) is 36.0 Å². The summed E-state index contributed by atoms with van der Waals surface area (Å²) >= 11 is 0. The molecule has 2 N–H and O–H groups in total. The van der Waals surface area contributed by atoms with E-state index in [2.05, 4.69) is 0 Å². The van der Waals surface area contributed by atoms with Gasteiger partial charge >= 0.3 is 0 Å². The first-order valence-electron chi connectivity index (χ1n) is 12.9. The molecule has 0 bridgehead atoms. The summed E-state index contributed by atoms with van der Waals surface area (Å²) in [6, 6.07) is 13.7. The highest BCUT2D eigenvalue weighted by Crippen LogP contribution is 2.60.